The maximum atomic E-state index is 5.87. The molecule has 0 spiro atoms. The Balaban J connectivity index is 2.33. The number of hydrogen-bond acceptors (Lipinski definition) is 4. The number of ether oxygens (including phenoxy) is 4. The summed E-state index contributed by atoms with van der Waals surface area (Å²) in [7, 11) is 3.33. The molecule has 0 radical (unpaired) electrons. The molecule has 4 nitrogen and oxygen atoms in total. The lowest BCUT2D eigenvalue weighted by atomic mass is 10.0. The summed E-state index contributed by atoms with van der Waals surface area (Å²) in [4.78, 5) is 0. The fraction of sp³-hybridized carbons (Fsp3) is 0.412. The summed E-state index contributed by atoms with van der Waals surface area (Å²) in [5, 5.41) is 2.10. The Morgan fingerprint density at radius 3 is 2.10 bits per heavy atom. The molecule has 0 amide bonds. The monoisotopic (exact) mass is 290 g/mol. The Labute approximate surface area is 125 Å². The molecule has 0 N–H and O–H groups in total. The average molecular weight is 290 g/mol. The van der Waals surface area contributed by atoms with Gasteiger partial charge in [-0.1, -0.05) is 24.3 Å². The zero-order chi connectivity index (χ0) is 15.1. The van der Waals surface area contributed by atoms with Gasteiger partial charge in [0.15, 0.2) is 0 Å². The van der Waals surface area contributed by atoms with Crippen molar-refractivity contribution in [1.82, 2.24) is 0 Å². The fourth-order valence-corrected chi connectivity index (χ4v) is 2.22. The highest BCUT2D eigenvalue weighted by molar-refractivity contribution is 5.94. The van der Waals surface area contributed by atoms with E-state index in [9.17, 15) is 0 Å². The molecule has 0 aliphatic rings. The van der Waals surface area contributed by atoms with Crippen LogP contribution >= 0.6 is 0 Å². The van der Waals surface area contributed by atoms with Gasteiger partial charge in [-0.15, -0.1) is 0 Å². The van der Waals surface area contributed by atoms with Gasteiger partial charge >= 0.3 is 0 Å². The van der Waals surface area contributed by atoms with Gasteiger partial charge < -0.3 is 18.9 Å². The Kier molecular flexibility index (Phi) is 5.84. The van der Waals surface area contributed by atoms with Gasteiger partial charge in [-0.2, -0.15) is 0 Å². The van der Waals surface area contributed by atoms with Crippen molar-refractivity contribution >= 4 is 10.8 Å². The summed E-state index contributed by atoms with van der Waals surface area (Å²) in [5.74, 6) is 1.75. The first kappa shape index (κ1) is 15.6. The van der Waals surface area contributed by atoms with Gasteiger partial charge in [-0.05, 0) is 18.6 Å². The van der Waals surface area contributed by atoms with Crippen molar-refractivity contribution < 1.29 is 18.9 Å². The van der Waals surface area contributed by atoms with Crippen LogP contribution in [0.15, 0.2) is 30.3 Å². The van der Waals surface area contributed by atoms with E-state index < -0.39 is 0 Å². The number of methoxy groups -OCH3 is 2. The predicted molar refractivity (Wildman–Crippen MR) is 83.4 cm³/mol. The molecule has 0 fully saturated rings. The Hall–Kier alpha value is -1.78. The summed E-state index contributed by atoms with van der Waals surface area (Å²) in [6.45, 7) is 4.23. The third kappa shape index (κ3) is 3.86. The van der Waals surface area contributed by atoms with Gasteiger partial charge in [-0.25, -0.2) is 0 Å². The molecule has 114 valence electrons. The summed E-state index contributed by atoms with van der Waals surface area (Å²) < 4.78 is 21.8. The van der Waals surface area contributed by atoms with Gasteiger partial charge in [0.1, 0.15) is 24.7 Å². The Morgan fingerprint density at radius 1 is 0.810 bits per heavy atom. The second-order valence-electron chi connectivity index (χ2n) is 4.75. The summed E-state index contributed by atoms with van der Waals surface area (Å²) >= 11 is 0. The predicted octanol–water partition coefficient (Wildman–Crippen LogP) is 3.20. The van der Waals surface area contributed by atoms with Gasteiger partial charge in [0, 0.05) is 25.0 Å². The first-order valence-electron chi connectivity index (χ1n) is 7.03. The quantitative estimate of drug-likeness (QED) is 0.700. The van der Waals surface area contributed by atoms with E-state index in [2.05, 4.69) is 0 Å². The minimum atomic E-state index is 0.532. The molecular weight excluding hydrogens is 268 g/mol. The molecule has 0 atom stereocenters. The molecular formula is C17H22O4. The van der Waals surface area contributed by atoms with Crippen molar-refractivity contribution in [3.63, 3.8) is 0 Å². The highest BCUT2D eigenvalue weighted by Gasteiger charge is 2.11. The van der Waals surface area contributed by atoms with Gasteiger partial charge in [0.25, 0.3) is 0 Å². The normalized spacial score (nSPS) is 10.8. The van der Waals surface area contributed by atoms with Crippen LogP contribution in [-0.4, -0.2) is 40.6 Å². The van der Waals surface area contributed by atoms with Crippen LogP contribution in [0.3, 0.4) is 0 Å². The summed E-state index contributed by atoms with van der Waals surface area (Å²) in [5.41, 5.74) is 1.05. The number of aryl methyl sites for hydroxylation is 1. The third-order valence-electron chi connectivity index (χ3n) is 3.22. The molecule has 0 heterocycles. The van der Waals surface area contributed by atoms with Crippen molar-refractivity contribution in [2.45, 2.75) is 6.92 Å². The zero-order valence-electron chi connectivity index (χ0n) is 12.8. The molecule has 2 rings (SSSR count). The van der Waals surface area contributed by atoms with E-state index in [-0.39, 0.29) is 0 Å². The van der Waals surface area contributed by atoms with E-state index >= 15 is 0 Å². The van der Waals surface area contributed by atoms with Crippen molar-refractivity contribution in [3.05, 3.63) is 35.9 Å². The molecule has 2 aromatic carbocycles. The van der Waals surface area contributed by atoms with E-state index in [0.29, 0.717) is 26.4 Å². The van der Waals surface area contributed by atoms with Gasteiger partial charge in [-0.3, -0.25) is 0 Å². The lowest BCUT2D eigenvalue weighted by Gasteiger charge is -2.16. The van der Waals surface area contributed by atoms with Crippen LogP contribution in [0.2, 0.25) is 0 Å². The molecule has 0 aliphatic carbocycles. The van der Waals surface area contributed by atoms with Crippen molar-refractivity contribution in [2.24, 2.45) is 0 Å². The van der Waals surface area contributed by atoms with E-state index in [4.69, 9.17) is 18.9 Å². The Bertz CT molecular complexity index is 580. The standard InChI is InChI=1S/C17H22O4/c1-13-12-16(20-10-8-18-2)14-6-4-5-7-15(14)17(13)21-11-9-19-3/h4-7,12H,8-11H2,1-3H3. The average Bonchev–Trinajstić information content (AvgIpc) is 2.50. The molecule has 2 aromatic rings. The second kappa shape index (κ2) is 7.86. The van der Waals surface area contributed by atoms with Crippen molar-refractivity contribution in [2.75, 3.05) is 40.6 Å². The van der Waals surface area contributed by atoms with E-state index in [1.54, 1.807) is 14.2 Å². The first-order chi connectivity index (χ1) is 10.3. The van der Waals surface area contributed by atoms with E-state index in [1.165, 1.54) is 0 Å². The Morgan fingerprint density at radius 2 is 1.43 bits per heavy atom. The fourth-order valence-electron chi connectivity index (χ4n) is 2.22. The molecule has 0 unspecified atom stereocenters. The lowest BCUT2D eigenvalue weighted by Crippen LogP contribution is -2.07. The minimum Gasteiger partial charge on any atom is -0.491 e. The van der Waals surface area contributed by atoms with Crippen LogP contribution in [-0.2, 0) is 9.47 Å². The number of fused-ring (bicyclic) bond motifs is 1. The van der Waals surface area contributed by atoms with Gasteiger partial charge in [0.05, 0.1) is 13.2 Å². The smallest absolute Gasteiger partial charge is 0.130 e. The topological polar surface area (TPSA) is 36.9 Å². The molecule has 4 heteroatoms. The highest BCUT2D eigenvalue weighted by atomic mass is 16.5. The van der Waals surface area contributed by atoms with Crippen molar-refractivity contribution in [3.8, 4) is 11.5 Å². The third-order valence-corrected chi connectivity index (χ3v) is 3.22. The molecule has 21 heavy (non-hydrogen) atoms. The van der Waals surface area contributed by atoms with Crippen molar-refractivity contribution in [1.29, 1.82) is 0 Å². The molecule has 0 saturated heterocycles. The van der Waals surface area contributed by atoms with E-state index in [1.807, 2.05) is 37.3 Å². The largest absolute Gasteiger partial charge is 0.491 e. The number of hydrogen-bond donors (Lipinski definition) is 0. The molecule has 0 aliphatic heterocycles. The number of rotatable bonds is 8. The highest BCUT2D eigenvalue weighted by Crippen LogP contribution is 2.36. The van der Waals surface area contributed by atoms with Crippen LogP contribution < -0.4 is 9.47 Å². The summed E-state index contributed by atoms with van der Waals surface area (Å²) in [6, 6.07) is 10.1. The van der Waals surface area contributed by atoms with Gasteiger partial charge in [0.2, 0.25) is 0 Å². The molecule has 0 bridgehead atoms. The van der Waals surface area contributed by atoms with Crippen LogP contribution in [0, 0.1) is 6.92 Å². The minimum absolute atomic E-state index is 0.532. The first-order valence-corrected chi connectivity index (χ1v) is 7.03. The lowest BCUT2D eigenvalue weighted by molar-refractivity contribution is 0.145. The van der Waals surface area contributed by atoms with Crippen LogP contribution in [0.4, 0.5) is 0 Å². The number of benzene rings is 2. The molecule has 0 aromatic heterocycles. The maximum Gasteiger partial charge on any atom is 0.130 e. The van der Waals surface area contributed by atoms with Crippen LogP contribution in [0.25, 0.3) is 10.8 Å². The maximum absolute atomic E-state index is 5.87. The summed E-state index contributed by atoms with van der Waals surface area (Å²) in [6.07, 6.45) is 0. The molecule has 0 saturated carbocycles. The second-order valence-corrected chi connectivity index (χ2v) is 4.75. The van der Waals surface area contributed by atoms with Crippen LogP contribution in [0.5, 0.6) is 11.5 Å². The van der Waals surface area contributed by atoms with E-state index in [0.717, 1.165) is 27.8 Å². The van der Waals surface area contributed by atoms with Crippen LogP contribution in [0.1, 0.15) is 5.56 Å². The zero-order valence-corrected chi connectivity index (χ0v) is 12.8. The SMILES string of the molecule is COCCOc1cc(C)c(OCCOC)c2ccccc12.